The maximum atomic E-state index is 12.3. The molecule has 1 atom stereocenters. The van der Waals surface area contributed by atoms with E-state index in [-0.39, 0.29) is 11.4 Å². The largest absolute Gasteiger partial charge is 0.497 e. The average Bonchev–Trinajstić information content (AvgIpc) is 3.41. The minimum atomic E-state index is -0.265. The zero-order valence-corrected chi connectivity index (χ0v) is 20.1. The van der Waals surface area contributed by atoms with Crippen molar-refractivity contribution in [3.05, 3.63) is 40.9 Å². The number of carbonyl (C=O) groups is 1. The fraction of sp³-hybridized carbons (Fsp3) is 0.565. The molecular formula is C23H35N5O2S. The van der Waals surface area contributed by atoms with Gasteiger partial charge in [-0.1, -0.05) is 26.0 Å². The van der Waals surface area contributed by atoms with Crippen LogP contribution in [0, 0.1) is 0 Å². The van der Waals surface area contributed by atoms with Crippen molar-refractivity contribution in [2.24, 2.45) is 0 Å². The maximum Gasteiger partial charge on any atom is 0.321 e. The van der Waals surface area contributed by atoms with Crippen LogP contribution in [0.3, 0.4) is 0 Å². The van der Waals surface area contributed by atoms with Gasteiger partial charge in [-0.3, -0.25) is 5.32 Å². The molecular weight excluding hydrogens is 410 g/mol. The highest BCUT2D eigenvalue weighted by Gasteiger charge is 2.26. The molecule has 0 aliphatic carbocycles. The molecule has 1 saturated heterocycles. The van der Waals surface area contributed by atoms with Gasteiger partial charge < -0.3 is 19.9 Å². The Morgan fingerprint density at radius 2 is 2.06 bits per heavy atom. The predicted octanol–water partition coefficient (Wildman–Crippen LogP) is 3.63. The van der Waals surface area contributed by atoms with Crippen molar-refractivity contribution >= 4 is 22.5 Å². The van der Waals surface area contributed by atoms with Gasteiger partial charge in [0.2, 0.25) is 0 Å². The summed E-state index contributed by atoms with van der Waals surface area (Å²) in [6.07, 6.45) is 2.17. The van der Waals surface area contributed by atoms with E-state index >= 15 is 0 Å². The molecule has 170 valence electrons. The van der Waals surface area contributed by atoms with Crippen molar-refractivity contribution < 1.29 is 9.53 Å². The van der Waals surface area contributed by atoms with Gasteiger partial charge in [0.15, 0.2) is 5.13 Å². The fourth-order valence-electron chi connectivity index (χ4n) is 3.86. The summed E-state index contributed by atoms with van der Waals surface area (Å²) in [5.74, 6) is 0.833. The molecule has 1 aliphatic rings. The van der Waals surface area contributed by atoms with Gasteiger partial charge in [0.25, 0.3) is 0 Å². The molecule has 2 amide bonds. The number of hydrogen-bond acceptors (Lipinski definition) is 6. The summed E-state index contributed by atoms with van der Waals surface area (Å²) in [6.45, 7) is 8.19. The van der Waals surface area contributed by atoms with Crippen molar-refractivity contribution in [3.8, 4) is 5.75 Å². The van der Waals surface area contributed by atoms with Crippen LogP contribution >= 0.6 is 11.3 Å². The highest BCUT2D eigenvalue weighted by atomic mass is 32.1. The number of anilines is 1. The molecule has 0 spiro atoms. The molecule has 2 heterocycles. The van der Waals surface area contributed by atoms with Crippen LogP contribution < -0.4 is 15.4 Å². The molecule has 2 aromatic rings. The molecule has 0 bridgehead atoms. The minimum absolute atomic E-state index is 0.198. The molecule has 1 unspecified atom stereocenters. The Morgan fingerprint density at radius 1 is 1.32 bits per heavy atom. The van der Waals surface area contributed by atoms with E-state index in [0.717, 1.165) is 43.1 Å². The van der Waals surface area contributed by atoms with Gasteiger partial charge in [-0.15, -0.1) is 11.3 Å². The highest BCUT2D eigenvalue weighted by molar-refractivity contribution is 7.13. The van der Waals surface area contributed by atoms with Crippen molar-refractivity contribution in [2.45, 2.75) is 38.1 Å². The van der Waals surface area contributed by atoms with Gasteiger partial charge in [-0.25, -0.2) is 9.78 Å². The molecule has 2 N–H and O–H groups in total. The molecule has 0 saturated carbocycles. The van der Waals surface area contributed by atoms with Crippen LogP contribution in [0.4, 0.5) is 9.93 Å². The number of likely N-dealkylation sites (tertiary alicyclic amines) is 1. The number of thiazole rings is 1. The Kier molecular flexibility index (Phi) is 7.91. The lowest BCUT2D eigenvalue weighted by Crippen LogP contribution is -2.34. The number of likely N-dealkylation sites (N-methyl/N-ethyl adjacent to an activating group) is 1. The van der Waals surface area contributed by atoms with Crippen LogP contribution in [0.25, 0.3) is 0 Å². The van der Waals surface area contributed by atoms with Crippen molar-refractivity contribution in [1.29, 1.82) is 0 Å². The molecule has 8 heteroatoms. The first kappa shape index (κ1) is 23.5. The Hall–Kier alpha value is -2.16. The maximum absolute atomic E-state index is 12.3. The van der Waals surface area contributed by atoms with E-state index in [1.807, 2.05) is 17.5 Å². The lowest BCUT2D eigenvalue weighted by atomic mass is 9.82. The summed E-state index contributed by atoms with van der Waals surface area (Å²) in [5, 5.41) is 8.44. The number of urea groups is 1. The summed E-state index contributed by atoms with van der Waals surface area (Å²) < 4.78 is 5.25. The monoisotopic (exact) mass is 445 g/mol. The molecule has 1 aromatic heterocycles. The quantitative estimate of drug-likeness (QED) is 0.577. The van der Waals surface area contributed by atoms with Crippen LogP contribution in [0.5, 0.6) is 5.75 Å². The Balaban J connectivity index is 1.44. The second-order valence-corrected chi connectivity index (χ2v) is 9.69. The molecule has 1 aromatic carbocycles. The van der Waals surface area contributed by atoms with E-state index in [9.17, 15) is 4.79 Å². The van der Waals surface area contributed by atoms with Crippen molar-refractivity contribution in [2.75, 3.05) is 52.7 Å². The second-order valence-electron chi connectivity index (χ2n) is 8.83. The molecule has 1 aliphatic heterocycles. The number of amides is 2. The van der Waals surface area contributed by atoms with Crippen molar-refractivity contribution in [1.82, 2.24) is 20.1 Å². The topological polar surface area (TPSA) is 69.7 Å². The van der Waals surface area contributed by atoms with Gasteiger partial charge in [-0.2, -0.15) is 0 Å². The molecule has 7 nitrogen and oxygen atoms in total. The first-order valence-corrected chi connectivity index (χ1v) is 11.7. The van der Waals surface area contributed by atoms with Crippen molar-refractivity contribution in [3.63, 3.8) is 0 Å². The standard InChI is InChI=1S/C23H35N5O2S/c1-23(2,17-7-9-19(30-5)10-8-17)20-16-31-22(25-20)26-21(29)24-12-6-13-28-14-11-18(15-28)27(3)4/h7-10,16,18H,6,11-15H2,1-5H3,(H2,24,25,26,29). The molecule has 0 radical (unpaired) electrons. The van der Waals surface area contributed by atoms with Gasteiger partial charge >= 0.3 is 6.03 Å². The van der Waals surface area contributed by atoms with Crippen LogP contribution in [-0.2, 0) is 5.41 Å². The number of benzene rings is 1. The molecule has 1 fully saturated rings. The number of hydrogen-bond donors (Lipinski definition) is 2. The van der Waals surface area contributed by atoms with Gasteiger partial charge in [-0.05, 0) is 57.7 Å². The number of aromatic nitrogens is 1. The van der Waals surface area contributed by atoms with Crippen LogP contribution in [0.15, 0.2) is 29.6 Å². The fourth-order valence-corrected chi connectivity index (χ4v) is 4.73. The predicted molar refractivity (Wildman–Crippen MR) is 127 cm³/mol. The third-order valence-corrected chi connectivity index (χ3v) is 6.85. The van der Waals surface area contributed by atoms with Crippen LogP contribution in [-0.4, -0.2) is 74.2 Å². The molecule has 3 rings (SSSR count). The van der Waals surface area contributed by atoms with Crippen LogP contribution in [0.1, 0.15) is 37.9 Å². The average molecular weight is 446 g/mol. The summed E-state index contributed by atoms with van der Waals surface area (Å²) in [5.41, 5.74) is 1.81. The number of nitrogens with zero attached hydrogens (tertiary/aromatic N) is 3. The van der Waals surface area contributed by atoms with E-state index < -0.39 is 0 Å². The van der Waals surface area contributed by atoms with E-state index in [0.29, 0.717) is 17.7 Å². The SMILES string of the molecule is COc1ccc(C(C)(C)c2csc(NC(=O)NCCCN3CCC(N(C)C)C3)n2)cc1. The Bertz CT molecular complexity index is 850. The van der Waals surface area contributed by atoms with E-state index in [2.05, 4.69) is 65.5 Å². The van der Waals surface area contributed by atoms with E-state index in [1.165, 1.54) is 17.8 Å². The molecule has 31 heavy (non-hydrogen) atoms. The number of methoxy groups -OCH3 is 1. The Morgan fingerprint density at radius 3 is 2.71 bits per heavy atom. The zero-order valence-electron chi connectivity index (χ0n) is 19.3. The number of ether oxygens (including phenoxy) is 1. The summed E-state index contributed by atoms with van der Waals surface area (Å²) in [6, 6.07) is 8.48. The number of rotatable bonds is 9. The third kappa shape index (κ3) is 6.18. The van der Waals surface area contributed by atoms with Gasteiger partial charge in [0.05, 0.1) is 12.8 Å². The lowest BCUT2D eigenvalue weighted by molar-refractivity contribution is 0.249. The minimum Gasteiger partial charge on any atom is -0.497 e. The second kappa shape index (κ2) is 10.4. The highest BCUT2D eigenvalue weighted by Crippen LogP contribution is 2.34. The summed E-state index contributed by atoms with van der Waals surface area (Å²) in [4.78, 5) is 21.7. The van der Waals surface area contributed by atoms with E-state index in [4.69, 9.17) is 4.74 Å². The Labute approximate surface area is 189 Å². The number of carbonyl (C=O) groups excluding carboxylic acids is 1. The van der Waals surface area contributed by atoms with Crippen LogP contribution in [0.2, 0.25) is 0 Å². The third-order valence-electron chi connectivity index (χ3n) is 6.09. The first-order chi connectivity index (χ1) is 14.8. The van der Waals surface area contributed by atoms with Gasteiger partial charge in [0, 0.05) is 29.9 Å². The summed E-state index contributed by atoms with van der Waals surface area (Å²) >= 11 is 1.45. The summed E-state index contributed by atoms with van der Waals surface area (Å²) in [7, 11) is 5.95. The lowest BCUT2D eigenvalue weighted by Gasteiger charge is -2.23. The van der Waals surface area contributed by atoms with Gasteiger partial charge in [0.1, 0.15) is 5.75 Å². The number of nitrogens with one attached hydrogen (secondary N) is 2. The normalized spacial score (nSPS) is 17.2. The first-order valence-electron chi connectivity index (χ1n) is 10.8. The van der Waals surface area contributed by atoms with E-state index in [1.54, 1.807) is 7.11 Å². The smallest absolute Gasteiger partial charge is 0.321 e. The zero-order chi connectivity index (χ0) is 22.4.